The summed E-state index contributed by atoms with van der Waals surface area (Å²) in [6.45, 7) is 2.53. The standard InChI is InChI=1S/C14H18N2O4/c1-9-11(7-8-20-9)15-14(19)16(2)12-6-4-3-5-10(12)13(17)18/h3-6,9,11H,7-8H2,1-2H3,(H,15,19)(H,17,18). The summed E-state index contributed by atoms with van der Waals surface area (Å²) in [4.78, 5) is 24.7. The number of carbonyl (C=O) groups is 2. The molecule has 2 N–H and O–H groups in total. The Bertz CT molecular complexity index is 518. The van der Waals surface area contributed by atoms with E-state index in [1.807, 2.05) is 6.92 Å². The quantitative estimate of drug-likeness (QED) is 0.882. The van der Waals surface area contributed by atoms with Crippen LogP contribution < -0.4 is 10.2 Å². The lowest BCUT2D eigenvalue weighted by molar-refractivity contribution is 0.0697. The normalized spacial score (nSPS) is 21.5. The van der Waals surface area contributed by atoms with Crippen molar-refractivity contribution < 1.29 is 19.4 Å². The Morgan fingerprint density at radius 3 is 2.70 bits per heavy atom. The average Bonchev–Trinajstić information content (AvgIpc) is 2.83. The maximum absolute atomic E-state index is 12.2. The molecule has 0 spiro atoms. The fraction of sp³-hybridized carbons (Fsp3) is 0.429. The summed E-state index contributed by atoms with van der Waals surface area (Å²) in [6, 6.07) is 6.04. The second kappa shape index (κ2) is 5.92. The van der Waals surface area contributed by atoms with Crippen LogP contribution in [0.1, 0.15) is 23.7 Å². The molecule has 1 saturated heterocycles. The molecule has 1 aromatic carbocycles. The molecule has 0 aliphatic carbocycles. The van der Waals surface area contributed by atoms with Crippen molar-refractivity contribution in [2.24, 2.45) is 0 Å². The van der Waals surface area contributed by atoms with Gasteiger partial charge in [0.15, 0.2) is 0 Å². The van der Waals surface area contributed by atoms with E-state index in [1.165, 1.54) is 11.0 Å². The molecule has 1 aliphatic heterocycles. The molecule has 2 atom stereocenters. The average molecular weight is 278 g/mol. The number of amides is 2. The van der Waals surface area contributed by atoms with Crippen LogP contribution in [0.3, 0.4) is 0 Å². The molecule has 108 valence electrons. The largest absolute Gasteiger partial charge is 0.478 e. The van der Waals surface area contributed by atoms with Crippen molar-refractivity contribution in [1.82, 2.24) is 5.32 Å². The lowest BCUT2D eigenvalue weighted by Crippen LogP contribution is -2.46. The molecular weight excluding hydrogens is 260 g/mol. The van der Waals surface area contributed by atoms with Crippen LogP contribution in [0.15, 0.2) is 24.3 Å². The van der Waals surface area contributed by atoms with Crippen molar-refractivity contribution in [2.45, 2.75) is 25.5 Å². The van der Waals surface area contributed by atoms with E-state index in [2.05, 4.69) is 5.32 Å². The van der Waals surface area contributed by atoms with Crippen LogP contribution in [0.25, 0.3) is 0 Å². The van der Waals surface area contributed by atoms with Crippen LogP contribution in [-0.4, -0.2) is 42.9 Å². The van der Waals surface area contributed by atoms with E-state index in [0.29, 0.717) is 12.3 Å². The molecule has 1 heterocycles. The third-order valence-electron chi connectivity index (χ3n) is 3.49. The number of urea groups is 1. The van der Waals surface area contributed by atoms with Gasteiger partial charge in [0, 0.05) is 13.7 Å². The monoisotopic (exact) mass is 278 g/mol. The van der Waals surface area contributed by atoms with Crippen molar-refractivity contribution in [3.8, 4) is 0 Å². The number of hydrogen-bond donors (Lipinski definition) is 2. The highest BCUT2D eigenvalue weighted by Gasteiger charge is 2.27. The lowest BCUT2D eigenvalue weighted by Gasteiger charge is -2.23. The maximum Gasteiger partial charge on any atom is 0.337 e. The highest BCUT2D eigenvalue weighted by atomic mass is 16.5. The minimum Gasteiger partial charge on any atom is -0.478 e. The van der Waals surface area contributed by atoms with Gasteiger partial charge in [-0.1, -0.05) is 12.1 Å². The predicted molar refractivity (Wildman–Crippen MR) is 74.2 cm³/mol. The summed E-state index contributed by atoms with van der Waals surface area (Å²) in [6.07, 6.45) is 0.739. The van der Waals surface area contributed by atoms with Gasteiger partial charge in [0.05, 0.1) is 23.4 Å². The molecule has 2 rings (SSSR count). The zero-order valence-electron chi connectivity index (χ0n) is 11.5. The number of carboxylic acid groups (broad SMARTS) is 1. The van der Waals surface area contributed by atoms with Crippen LogP contribution in [0.5, 0.6) is 0 Å². The van der Waals surface area contributed by atoms with Crippen LogP contribution in [0.2, 0.25) is 0 Å². The van der Waals surface area contributed by atoms with Gasteiger partial charge in [-0.15, -0.1) is 0 Å². The van der Waals surface area contributed by atoms with Gasteiger partial charge in [-0.3, -0.25) is 4.90 Å². The lowest BCUT2D eigenvalue weighted by atomic mass is 10.1. The number of carboxylic acids is 1. The van der Waals surface area contributed by atoms with Crippen molar-refractivity contribution in [2.75, 3.05) is 18.6 Å². The van der Waals surface area contributed by atoms with Crippen LogP contribution in [-0.2, 0) is 4.74 Å². The van der Waals surface area contributed by atoms with Gasteiger partial charge < -0.3 is 15.2 Å². The van der Waals surface area contributed by atoms with Gasteiger partial charge in [-0.25, -0.2) is 9.59 Å². The third kappa shape index (κ3) is 2.91. The molecule has 0 saturated carbocycles. The first-order valence-corrected chi connectivity index (χ1v) is 6.49. The Hall–Kier alpha value is -2.08. The summed E-state index contributed by atoms with van der Waals surface area (Å²) < 4.78 is 5.39. The van der Waals surface area contributed by atoms with Gasteiger partial charge >= 0.3 is 12.0 Å². The first-order valence-electron chi connectivity index (χ1n) is 6.49. The summed E-state index contributed by atoms with van der Waals surface area (Å²) in [7, 11) is 1.55. The van der Waals surface area contributed by atoms with E-state index in [-0.39, 0.29) is 23.7 Å². The van der Waals surface area contributed by atoms with E-state index in [0.717, 1.165) is 6.42 Å². The van der Waals surface area contributed by atoms with Crippen LogP contribution in [0, 0.1) is 0 Å². The Kier molecular flexibility index (Phi) is 4.24. The number of anilines is 1. The highest BCUT2D eigenvalue weighted by molar-refractivity contribution is 6.01. The number of aromatic carboxylic acids is 1. The number of carbonyl (C=O) groups excluding carboxylic acids is 1. The molecule has 6 nitrogen and oxygen atoms in total. The Morgan fingerprint density at radius 2 is 2.10 bits per heavy atom. The Balaban J connectivity index is 2.12. The summed E-state index contributed by atoms with van der Waals surface area (Å²) >= 11 is 0. The second-order valence-electron chi connectivity index (χ2n) is 4.80. The molecule has 20 heavy (non-hydrogen) atoms. The summed E-state index contributed by atoms with van der Waals surface area (Å²) in [5, 5.41) is 12.0. The number of benzene rings is 1. The van der Waals surface area contributed by atoms with Crippen LogP contribution >= 0.6 is 0 Å². The molecule has 0 bridgehead atoms. The topological polar surface area (TPSA) is 78.9 Å². The molecule has 0 aromatic heterocycles. The van der Waals surface area contributed by atoms with Crippen molar-refractivity contribution >= 4 is 17.7 Å². The van der Waals surface area contributed by atoms with Crippen molar-refractivity contribution in [1.29, 1.82) is 0 Å². The minimum atomic E-state index is -1.06. The number of ether oxygens (including phenoxy) is 1. The van der Waals surface area contributed by atoms with E-state index >= 15 is 0 Å². The molecule has 2 amide bonds. The van der Waals surface area contributed by atoms with Gasteiger partial charge in [0.2, 0.25) is 0 Å². The number of nitrogens with zero attached hydrogens (tertiary/aromatic N) is 1. The molecule has 1 fully saturated rings. The van der Waals surface area contributed by atoms with E-state index in [1.54, 1.807) is 25.2 Å². The highest BCUT2D eigenvalue weighted by Crippen LogP contribution is 2.20. The first-order chi connectivity index (χ1) is 9.50. The Labute approximate surface area is 117 Å². The fourth-order valence-corrected chi connectivity index (χ4v) is 2.23. The van der Waals surface area contributed by atoms with Gasteiger partial charge in [-0.05, 0) is 25.5 Å². The van der Waals surface area contributed by atoms with E-state index < -0.39 is 5.97 Å². The molecule has 6 heteroatoms. The molecule has 2 unspecified atom stereocenters. The smallest absolute Gasteiger partial charge is 0.337 e. The fourth-order valence-electron chi connectivity index (χ4n) is 2.23. The van der Waals surface area contributed by atoms with Crippen molar-refractivity contribution in [3.63, 3.8) is 0 Å². The third-order valence-corrected chi connectivity index (χ3v) is 3.49. The second-order valence-corrected chi connectivity index (χ2v) is 4.80. The summed E-state index contributed by atoms with van der Waals surface area (Å²) in [5.41, 5.74) is 0.463. The SMILES string of the molecule is CC1OCCC1NC(=O)N(C)c1ccccc1C(=O)O. The minimum absolute atomic E-state index is 0.0259. The van der Waals surface area contributed by atoms with E-state index in [9.17, 15) is 9.59 Å². The predicted octanol–water partition coefficient (Wildman–Crippen LogP) is 1.71. The maximum atomic E-state index is 12.2. The number of para-hydroxylation sites is 1. The van der Waals surface area contributed by atoms with Crippen LogP contribution in [0.4, 0.5) is 10.5 Å². The first kappa shape index (κ1) is 14.3. The molecule has 1 aliphatic rings. The van der Waals surface area contributed by atoms with Gasteiger partial charge in [-0.2, -0.15) is 0 Å². The zero-order valence-corrected chi connectivity index (χ0v) is 11.5. The van der Waals surface area contributed by atoms with E-state index in [4.69, 9.17) is 9.84 Å². The molecule has 1 aromatic rings. The number of rotatable bonds is 3. The summed E-state index contributed by atoms with van der Waals surface area (Å²) in [5.74, 6) is -1.06. The molecular formula is C14H18N2O4. The van der Waals surface area contributed by atoms with Gasteiger partial charge in [0.25, 0.3) is 0 Å². The zero-order chi connectivity index (χ0) is 14.7. The van der Waals surface area contributed by atoms with Gasteiger partial charge in [0.1, 0.15) is 0 Å². The number of nitrogens with one attached hydrogen (secondary N) is 1. The number of hydrogen-bond acceptors (Lipinski definition) is 3. The Morgan fingerprint density at radius 1 is 1.40 bits per heavy atom. The van der Waals surface area contributed by atoms with Crippen molar-refractivity contribution in [3.05, 3.63) is 29.8 Å². The molecule has 0 radical (unpaired) electrons.